The summed E-state index contributed by atoms with van der Waals surface area (Å²) in [4.78, 5) is 7.00. The minimum Gasteiger partial charge on any atom is -0.352 e. The summed E-state index contributed by atoms with van der Waals surface area (Å²) in [5.74, 6) is 1.08. The van der Waals surface area contributed by atoms with Crippen LogP contribution in [0, 0.1) is 0 Å². The third kappa shape index (κ3) is 3.42. The summed E-state index contributed by atoms with van der Waals surface area (Å²) in [6.45, 7) is 7.22. The average molecular weight is 281 g/mol. The van der Waals surface area contributed by atoms with Crippen LogP contribution in [0.3, 0.4) is 0 Å². The van der Waals surface area contributed by atoms with Gasteiger partial charge in [-0.2, -0.15) is 0 Å². The van der Waals surface area contributed by atoms with E-state index >= 15 is 0 Å². The van der Waals surface area contributed by atoms with E-state index in [2.05, 4.69) is 65.4 Å². The molecule has 2 heterocycles. The van der Waals surface area contributed by atoms with E-state index in [0.717, 1.165) is 31.9 Å². The Labute approximate surface area is 127 Å². The third-order valence-corrected chi connectivity index (χ3v) is 3.98. The van der Waals surface area contributed by atoms with Crippen molar-refractivity contribution in [3.05, 3.63) is 59.3 Å². The predicted molar refractivity (Wildman–Crippen MR) is 87.4 cm³/mol. The first-order chi connectivity index (χ1) is 10.2. The lowest BCUT2D eigenvalue weighted by Crippen LogP contribution is -2.31. The van der Waals surface area contributed by atoms with Crippen LogP contribution in [-0.4, -0.2) is 17.6 Å². The molecular weight excluding hydrogens is 258 g/mol. The van der Waals surface area contributed by atoms with Crippen molar-refractivity contribution < 1.29 is 0 Å². The fourth-order valence-electron chi connectivity index (χ4n) is 2.72. The predicted octanol–water partition coefficient (Wildman–Crippen LogP) is 3.14. The lowest BCUT2D eigenvalue weighted by Gasteiger charge is -2.29. The first-order valence-corrected chi connectivity index (χ1v) is 7.72. The van der Waals surface area contributed by atoms with Gasteiger partial charge in [-0.05, 0) is 29.2 Å². The Kier molecular flexibility index (Phi) is 4.20. The molecule has 0 saturated carbocycles. The molecule has 1 N–H and O–H groups in total. The van der Waals surface area contributed by atoms with E-state index in [9.17, 15) is 0 Å². The second-order valence-corrected chi connectivity index (χ2v) is 6.00. The van der Waals surface area contributed by atoms with Gasteiger partial charge in [0.25, 0.3) is 0 Å². The van der Waals surface area contributed by atoms with Crippen molar-refractivity contribution in [2.75, 3.05) is 11.4 Å². The van der Waals surface area contributed by atoms with E-state index in [1.165, 1.54) is 16.7 Å². The maximum absolute atomic E-state index is 4.64. The molecule has 1 aliphatic rings. The summed E-state index contributed by atoms with van der Waals surface area (Å²) >= 11 is 0. The quantitative estimate of drug-likeness (QED) is 0.933. The van der Waals surface area contributed by atoms with Crippen molar-refractivity contribution in [3.63, 3.8) is 0 Å². The van der Waals surface area contributed by atoms with Gasteiger partial charge in [0.05, 0.1) is 0 Å². The fraction of sp³-hybridized carbons (Fsp3) is 0.389. The Hall–Kier alpha value is -1.87. The molecule has 0 fully saturated rings. The average Bonchev–Trinajstić information content (AvgIpc) is 2.53. The highest BCUT2D eigenvalue weighted by Gasteiger charge is 2.16. The summed E-state index contributed by atoms with van der Waals surface area (Å²) in [6, 6.07) is 13.5. The van der Waals surface area contributed by atoms with E-state index in [-0.39, 0.29) is 0 Å². The van der Waals surface area contributed by atoms with E-state index < -0.39 is 0 Å². The SMILES string of the molecule is CC(C)NCc1ccc(N2CCc3ccccc3C2)nc1. The van der Waals surface area contributed by atoms with Gasteiger partial charge >= 0.3 is 0 Å². The van der Waals surface area contributed by atoms with E-state index in [1.807, 2.05) is 6.20 Å². The summed E-state index contributed by atoms with van der Waals surface area (Å²) < 4.78 is 0. The Morgan fingerprint density at radius 1 is 1.14 bits per heavy atom. The summed E-state index contributed by atoms with van der Waals surface area (Å²) in [5, 5.41) is 3.42. The van der Waals surface area contributed by atoms with Gasteiger partial charge in [0.15, 0.2) is 0 Å². The zero-order valence-corrected chi connectivity index (χ0v) is 12.8. The first-order valence-electron chi connectivity index (χ1n) is 7.72. The van der Waals surface area contributed by atoms with Crippen LogP contribution in [0.1, 0.15) is 30.5 Å². The third-order valence-electron chi connectivity index (χ3n) is 3.98. The number of nitrogens with zero attached hydrogens (tertiary/aromatic N) is 2. The number of hydrogen-bond acceptors (Lipinski definition) is 3. The summed E-state index contributed by atoms with van der Waals surface area (Å²) in [7, 11) is 0. The molecule has 3 nitrogen and oxygen atoms in total. The molecule has 0 saturated heterocycles. The van der Waals surface area contributed by atoms with Crippen LogP contribution in [0.25, 0.3) is 0 Å². The molecule has 1 aromatic carbocycles. The van der Waals surface area contributed by atoms with Crippen molar-refractivity contribution in [2.24, 2.45) is 0 Å². The minimum atomic E-state index is 0.503. The Balaban J connectivity index is 1.68. The molecule has 0 bridgehead atoms. The van der Waals surface area contributed by atoms with Crippen molar-refractivity contribution in [2.45, 2.75) is 39.4 Å². The second-order valence-electron chi connectivity index (χ2n) is 6.00. The minimum absolute atomic E-state index is 0.503. The molecule has 110 valence electrons. The Morgan fingerprint density at radius 3 is 2.67 bits per heavy atom. The molecule has 0 amide bonds. The highest BCUT2D eigenvalue weighted by Crippen LogP contribution is 2.22. The van der Waals surface area contributed by atoms with Gasteiger partial charge in [-0.25, -0.2) is 4.98 Å². The molecule has 3 heteroatoms. The summed E-state index contributed by atoms with van der Waals surface area (Å²) in [6.07, 6.45) is 3.10. The van der Waals surface area contributed by atoms with Crippen molar-refractivity contribution in [1.82, 2.24) is 10.3 Å². The highest BCUT2D eigenvalue weighted by molar-refractivity contribution is 5.44. The molecule has 0 radical (unpaired) electrons. The van der Waals surface area contributed by atoms with Crippen molar-refractivity contribution in [1.29, 1.82) is 0 Å². The first kappa shape index (κ1) is 14.1. The lowest BCUT2D eigenvalue weighted by atomic mass is 10.00. The van der Waals surface area contributed by atoms with Gasteiger partial charge in [-0.1, -0.05) is 44.2 Å². The topological polar surface area (TPSA) is 28.2 Å². The van der Waals surface area contributed by atoms with E-state index in [4.69, 9.17) is 0 Å². The molecule has 21 heavy (non-hydrogen) atoms. The smallest absolute Gasteiger partial charge is 0.128 e. The van der Waals surface area contributed by atoms with Gasteiger partial charge in [-0.3, -0.25) is 0 Å². The molecule has 3 rings (SSSR count). The van der Waals surface area contributed by atoms with Gasteiger partial charge in [0.1, 0.15) is 5.82 Å². The maximum atomic E-state index is 4.64. The number of benzene rings is 1. The molecule has 1 aromatic heterocycles. The molecule has 1 aliphatic heterocycles. The number of rotatable bonds is 4. The number of fused-ring (bicyclic) bond motifs is 1. The number of hydrogen-bond donors (Lipinski definition) is 1. The second kappa shape index (κ2) is 6.27. The van der Waals surface area contributed by atoms with Gasteiger partial charge in [-0.15, -0.1) is 0 Å². The monoisotopic (exact) mass is 281 g/mol. The molecule has 0 spiro atoms. The van der Waals surface area contributed by atoms with E-state index in [0.29, 0.717) is 6.04 Å². The van der Waals surface area contributed by atoms with Gasteiger partial charge < -0.3 is 10.2 Å². The van der Waals surface area contributed by atoms with Crippen LogP contribution < -0.4 is 10.2 Å². The number of nitrogens with one attached hydrogen (secondary N) is 1. The van der Waals surface area contributed by atoms with Gasteiger partial charge in [0, 0.05) is 31.9 Å². The Bertz CT molecular complexity index is 590. The van der Waals surface area contributed by atoms with Crippen LogP contribution >= 0.6 is 0 Å². The normalized spacial score (nSPS) is 14.3. The standard InChI is InChI=1S/C18H23N3/c1-14(2)19-11-15-7-8-18(20-12-15)21-10-9-16-5-3-4-6-17(16)13-21/h3-8,12,14,19H,9-11,13H2,1-2H3. The van der Waals surface area contributed by atoms with Crippen LogP contribution in [0.4, 0.5) is 5.82 Å². The zero-order valence-electron chi connectivity index (χ0n) is 12.8. The lowest BCUT2D eigenvalue weighted by molar-refractivity contribution is 0.587. The Morgan fingerprint density at radius 2 is 1.95 bits per heavy atom. The number of anilines is 1. The zero-order chi connectivity index (χ0) is 14.7. The van der Waals surface area contributed by atoms with Gasteiger partial charge in [0.2, 0.25) is 0 Å². The van der Waals surface area contributed by atoms with Crippen LogP contribution in [-0.2, 0) is 19.5 Å². The van der Waals surface area contributed by atoms with Crippen LogP contribution in [0.2, 0.25) is 0 Å². The fourth-order valence-corrected chi connectivity index (χ4v) is 2.72. The highest BCUT2D eigenvalue weighted by atomic mass is 15.2. The molecular formula is C18H23N3. The molecule has 2 aromatic rings. The van der Waals surface area contributed by atoms with Crippen LogP contribution in [0.15, 0.2) is 42.6 Å². The maximum Gasteiger partial charge on any atom is 0.128 e. The molecule has 0 unspecified atom stereocenters. The van der Waals surface area contributed by atoms with E-state index in [1.54, 1.807) is 0 Å². The van der Waals surface area contributed by atoms with Crippen molar-refractivity contribution >= 4 is 5.82 Å². The molecule has 0 aliphatic carbocycles. The number of pyridine rings is 1. The summed E-state index contributed by atoms with van der Waals surface area (Å²) in [5.41, 5.74) is 4.15. The number of aromatic nitrogens is 1. The largest absolute Gasteiger partial charge is 0.352 e. The van der Waals surface area contributed by atoms with Crippen LogP contribution in [0.5, 0.6) is 0 Å². The molecule has 0 atom stereocenters. The van der Waals surface area contributed by atoms with Crippen molar-refractivity contribution in [3.8, 4) is 0 Å².